The van der Waals surface area contributed by atoms with Crippen LogP contribution in [0.15, 0.2) is 46.9 Å². The van der Waals surface area contributed by atoms with Gasteiger partial charge in [-0.2, -0.15) is 0 Å². The highest BCUT2D eigenvalue weighted by Gasteiger charge is 2.30. The third-order valence-electron chi connectivity index (χ3n) is 5.11. The fourth-order valence-corrected chi connectivity index (χ4v) is 4.49. The molecule has 0 aliphatic rings. The smallest absolute Gasteiger partial charge is 0.244 e. The van der Waals surface area contributed by atoms with Crippen LogP contribution >= 0.6 is 15.9 Å². The molecule has 2 amide bonds. The number of hydrogen-bond donors (Lipinski definition) is 1. The molecule has 1 atom stereocenters. The molecule has 2 aromatic carbocycles. The van der Waals surface area contributed by atoms with Crippen molar-refractivity contribution in [2.24, 2.45) is 0 Å². The molecule has 0 unspecified atom stereocenters. The third-order valence-corrected chi connectivity index (χ3v) is 6.74. The zero-order valence-electron chi connectivity index (χ0n) is 19.2. The van der Waals surface area contributed by atoms with E-state index in [1.165, 1.54) is 4.90 Å². The van der Waals surface area contributed by atoms with Crippen molar-refractivity contribution in [1.82, 2.24) is 10.2 Å². The predicted molar refractivity (Wildman–Crippen MR) is 131 cm³/mol. The van der Waals surface area contributed by atoms with Gasteiger partial charge in [-0.05, 0) is 43.2 Å². The van der Waals surface area contributed by atoms with Gasteiger partial charge in [0.25, 0.3) is 0 Å². The fourth-order valence-electron chi connectivity index (χ4n) is 3.20. The highest BCUT2D eigenvalue weighted by Crippen LogP contribution is 2.22. The van der Waals surface area contributed by atoms with Crippen LogP contribution in [-0.4, -0.2) is 50.5 Å². The molecule has 0 aliphatic carbocycles. The number of unbranched alkanes of at least 4 members (excludes halogenated alkanes) is 1. The Morgan fingerprint density at radius 3 is 2.41 bits per heavy atom. The molecule has 0 fully saturated rings. The summed E-state index contributed by atoms with van der Waals surface area (Å²) in [4.78, 5) is 27.3. The molecular weight excluding hydrogens is 532 g/mol. The first-order valence-electron chi connectivity index (χ1n) is 10.7. The number of carbonyl (C=O) groups is 2. The minimum absolute atomic E-state index is 0.0377. The zero-order valence-corrected chi connectivity index (χ0v) is 21.6. The molecule has 0 bridgehead atoms. The van der Waals surface area contributed by atoms with E-state index in [9.17, 15) is 26.8 Å². The summed E-state index contributed by atoms with van der Waals surface area (Å²) in [7, 11) is -4.03. The Morgan fingerprint density at radius 1 is 1.12 bits per heavy atom. The van der Waals surface area contributed by atoms with E-state index in [1.807, 2.05) is 13.0 Å². The van der Waals surface area contributed by atoms with Crippen LogP contribution in [0, 0.1) is 11.6 Å². The minimum atomic E-state index is -4.03. The monoisotopic (exact) mass is 559 g/mol. The Morgan fingerprint density at radius 2 is 1.82 bits per heavy atom. The maximum absolute atomic E-state index is 13.8. The van der Waals surface area contributed by atoms with Crippen molar-refractivity contribution in [3.05, 3.63) is 64.1 Å². The first-order valence-corrected chi connectivity index (χ1v) is 13.3. The molecule has 0 heterocycles. The lowest BCUT2D eigenvalue weighted by molar-refractivity contribution is -0.139. The lowest BCUT2D eigenvalue weighted by Crippen LogP contribution is -2.51. The van der Waals surface area contributed by atoms with E-state index in [0.717, 1.165) is 41.3 Å². The van der Waals surface area contributed by atoms with E-state index >= 15 is 0 Å². The lowest BCUT2D eigenvalue weighted by atomic mass is 10.1. The summed E-state index contributed by atoms with van der Waals surface area (Å²) in [6.07, 6.45) is 2.52. The summed E-state index contributed by atoms with van der Waals surface area (Å²) in [5.74, 6) is -3.44. The van der Waals surface area contributed by atoms with E-state index in [-0.39, 0.29) is 18.1 Å². The highest BCUT2D eigenvalue weighted by molar-refractivity contribution is 9.10. The van der Waals surface area contributed by atoms with Crippen LogP contribution in [0.4, 0.5) is 14.5 Å². The molecule has 11 heteroatoms. The molecule has 186 valence electrons. The normalized spacial score (nSPS) is 12.2. The first-order chi connectivity index (χ1) is 15.9. The molecule has 0 saturated carbocycles. The van der Waals surface area contributed by atoms with Gasteiger partial charge in [0.1, 0.15) is 12.6 Å². The number of benzene rings is 2. The van der Waals surface area contributed by atoms with E-state index < -0.39 is 40.2 Å². The maximum Gasteiger partial charge on any atom is 0.244 e. The van der Waals surface area contributed by atoms with E-state index in [2.05, 4.69) is 21.2 Å². The summed E-state index contributed by atoms with van der Waals surface area (Å²) in [5, 5.41) is 2.78. The number of sulfonamides is 1. The molecule has 0 aromatic heterocycles. The first kappa shape index (κ1) is 27.7. The molecule has 2 rings (SSSR count). The van der Waals surface area contributed by atoms with E-state index in [1.54, 1.807) is 25.1 Å². The predicted octanol–water partition coefficient (Wildman–Crippen LogP) is 3.83. The number of nitrogens with one attached hydrogen (secondary N) is 1. The minimum Gasteiger partial charge on any atom is -0.354 e. The van der Waals surface area contributed by atoms with Gasteiger partial charge in [-0.3, -0.25) is 13.9 Å². The Balaban J connectivity index is 2.37. The lowest BCUT2D eigenvalue weighted by Gasteiger charge is -2.31. The van der Waals surface area contributed by atoms with Crippen molar-refractivity contribution < 1.29 is 26.8 Å². The molecule has 0 radical (unpaired) electrons. The van der Waals surface area contributed by atoms with Gasteiger partial charge in [0, 0.05) is 23.6 Å². The van der Waals surface area contributed by atoms with Gasteiger partial charge in [0.05, 0.1) is 11.9 Å². The fraction of sp³-hybridized carbons (Fsp3) is 0.391. The average Bonchev–Trinajstić information content (AvgIpc) is 2.76. The summed E-state index contributed by atoms with van der Waals surface area (Å²) >= 11 is 3.37. The van der Waals surface area contributed by atoms with Crippen molar-refractivity contribution in [3.63, 3.8) is 0 Å². The Kier molecular flexibility index (Phi) is 9.99. The second-order valence-electron chi connectivity index (χ2n) is 7.84. The van der Waals surface area contributed by atoms with Gasteiger partial charge in [-0.25, -0.2) is 17.2 Å². The van der Waals surface area contributed by atoms with Crippen molar-refractivity contribution in [3.8, 4) is 0 Å². The molecule has 2 aromatic rings. The second-order valence-corrected chi connectivity index (χ2v) is 10.7. The van der Waals surface area contributed by atoms with Crippen LogP contribution in [0.2, 0.25) is 0 Å². The molecule has 34 heavy (non-hydrogen) atoms. The number of amides is 2. The number of halogens is 3. The Hall–Kier alpha value is -2.53. The number of nitrogens with zero attached hydrogens (tertiary/aromatic N) is 2. The molecule has 7 nitrogen and oxygen atoms in total. The number of carbonyl (C=O) groups excluding carboxylic acids is 2. The van der Waals surface area contributed by atoms with Crippen LogP contribution in [0.5, 0.6) is 0 Å². The number of hydrogen-bond acceptors (Lipinski definition) is 4. The van der Waals surface area contributed by atoms with Crippen LogP contribution in [-0.2, 0) is 26.2 Å². The van der Waals surface area contributed by atoms with Gasteiger partial charge in [0.15, 0.2) is 11.6 Å². The highest BCUT2D eigenvalue weighted by atomic mass is 79.9. The third kappa shape index (κ3) is 7.76. The van der Waals surface area contributed by atoms with Gasteiger partial charge >= 0.3 is 0 Å². The Labute approximate surface area is 207 Å². The van der Waals surface area contributed by atoms with Crippen LogP contribution in [0.1, 0.15) is 32.3 Å². The molecule has 0 saturated heterocycles. The molecule has 1 N–H and O–H groups in total. The van der Waals surface area contributed by atoms with Crippen molar-refractivity contribution >= 4 is 43.5 Å². The Bertz CT molecular complexity index is 1130. The van der Waals surface area contributed by atoms with Crippen LogP contribution in [0.3, 0.4) is 0 Å². The van der Waals surface area contributed by atoms with Crippen LogP contribution < -0.4 is 9.62 Å². The molecule has 0 spiro atoms. The van der Waals surface area contributed by atoms with E-state index in [0.29, 0.717) is 16.9 Å². The topological polar surface area (TPSA) is 86.8 Å². The molecule has 0 aliphatic heterocycles. The van der Waals surface area contributed by atoms with Gasteiger partial charge in [0.2, 0.25) is 21.8 Å². The second kappa shape index (κ2) is 12.3. The van der Waals surface area contributed by atoms with Crippen LogP contribution in [0.25, 0.3) is 0 Å². The van der Waals surface area contributed by atoms with Crippen molar-refractivity contribution in [1.29, 1.82) is 0 Å². The van der Waals surface area contributed by atoms with Gasteiger partial charge < -0.3 is 10.2 Å². The van der Waals surface area contributed by atoms with Gasteiger partial charge in [-0.1, -0.05) is 41.4 Å². The van der Waals surface area contributed by atoms with Gasteiger partial charge in [-0.15, -0.1) is 0 Å². The number of rotatable bonds is 11. The summed E-state index contributed by atoms with van der Waals surface area (Å²) in [6, 6.07) is 8.81. The average molecular weight is 560 g/mol. The SMILES string of the molecule is CCCCNC(=O)[C@H](C)N(Cc1cccc(Br)c1)C(=O)CN(c1ccc(F)c(F)c1)S(C)(=O)=O. The maximum atomic E-state index is 13.8. The van der Waals surface area contributed by atoms with E-state index in [4.69, 9.17) is 0 Å². The zero-order chi connectivity index (χ0) is 25.5. The summed E-state index contributed by atoms with van der Waals surface area (Å²) < 4.78 is 53.5. The number of anilines is 1. The quantitative estimate of drug-likeness (QED) is 0.424. The summed E-state index contributed by atoms with van der Waals surface area (Å²) in [6.45, 7) is 3.33. The standard InChI is InChI=1S/C23H28BrF2N3O4S/c1-4-5-11-27-23(31)16(2)28(14-17-7-6-8-18(24)12-17)22(30)15-29(34(3,32)33)19-9-10-20(25)21(26)13-19/h6-10,12-13,16H,4-5,11,14-15H2,1-3H3,(H,27,31)/t16-/m0/s1. The summed E-state index contributed by atoms with van der Waals surface area (Å²) in [5.41, 5.74) is 0.520. The molecular formula is C23H28BrF2N3O4S. The largest absolute Gasteiger partial charge is 0.354 e. The van der Waals surface area contributed by atoms with Crippen molar-refractivity contribution in [2.45, 2.75) is 39.3 Å². The van der Waals surface area contributed by atoms with Crippen molar-refractivity contribution in [2.75, 3.05) is 23.7 Å².